The number of halogens is 2. The summed E-state index contributed by atoms with van der Waals surface area (Å²) in [5.41, 5.74) is 4.14. The van der Waals surface area contributed by atoms with Crippen molar-refractivity contribution in [3.8, 4) is 0 Å². The molecule has 11 heteroatoms. The van der Waals surface area contributed by atoms with Crippen LogP contribution in [0.2, 0.25) is 5.02 Å². The number of hydrogen-bond donors (Lipinski definition) is 3. The number of amides is 1. The smallest absolute Gasteiger partial charge is 0.320 e. The molecule has 2 aromatic rings. The fraction of sp³-hybridized carbons (Fsp3) is 0.316. The molecule has 156 valence electrons. The number of pyridine rings is 2. The van der Waals surface area contributed by atoms with Gasteiger partial charge in [-0.1, -0.05) is 30.3 Å². The Hall–Kier alpha value is -2.72. The van der Waals surface area contributed by atoms with E-state index in [2.05, 4.69) is 20.3 Å². The maximum Gasteiger partial charge on any atom is 0.320 e. The molecule has 2 aromatic heterocycles. The lowest BCUT2D eigenvalue weighted by Crippen LogP contribution is -2.45. The van der Waals surface area contributed by atoms with Crippen molar-refractivity contribution in [2.24, 2.45) is 16.1 Å². The Bertz CT molecular complexity index is 1110. The molecule has 1 amide bonds. The van der Waals surface area contributed by atoms with E-state index >= 15 is 0 Å². The van der Waals surface area contributed by atoms with E-state index in [0.29, 0.717) is 5.02 Å². The monoisotopic (exact) mass is 449 g/mol. The summed E-state index contributed by atoms with van der Waals surface area (Å²) in [6.07, 6.45) is 2.77. The molecule has 8 nitrogen and oxygen atoms in total. The fourth-order valence-corrected chi connectivity index (χ4v) is 5.56. The standard InChI is InChI=1S/C19H17ClFN5O3S/c1-17-8-19(17,15(28)29)30-16(22)26-18(17,2)11-5-10(7-24-13(11)21)25-14(27)12-4-3-9(20)6-23-12/h3-7H,8H2,1-2H3,(H2,22,26)(H,25,27)(H,28,29)/t17?,18-,19-/m1/s1. The highest BCUT2D eigenvalue weighted by Gasteiger charge is 2.80. The van der Waals surface area contributed by atoms with Crippen LogP contribution in [0.3, 0.4) is 0 Å². The van der Waals surface area contributed by atoms with Crippen LogP contribution < -0.4 is 11.1 Å². The van der Waals surface area contributed by atoms with Gasteiger partial charge in [-0.15, -0.1) is 0 Å². The number of rotatable bonds is 4. The van der Waals surface area contributed by atoms with E-state index in [1.54, 1.807) is 13.8 Å². The van der Waals surface area contributed by atoms with Crippen molar-refractivity contribution < 1.29 is 19.1 Å². The van der Waals surface area contributed by atoms with Crippen molar-refractivity contribution in [1.29, 1.82) is 0 Å². The topological polar surface area (TPSA) is 131 Å². The quantitative estimate of drug-likeness (QED) is 0.611. The van der Waals surface area contributed by atoms with Crippen LogP contribution in [-0.2, 0) is 10.3 Å². The molecular weight excluding hydrogens is 433 g/mol. The average Bonchev–Trinajstić information content (AvgIpc) is 3.31. The normalized spacial score (nSPS) is 29.5. The number of nitrogens with one attached hydrogen (secondary N) is 1. The molecule has 4 N–H and O–H groups in total. The number of nitrogens with two attached hydrogens (primary N) is 1. The summed E-state index contributed by atoms with van der Waals surface area (Å²) in [7, 11) is 0. The lowest BCUT2D eigenvalue weighted by molar-refractivity contribution is -0.138. The largest absolute Gasteiger partial charge is 0.480 e. The van der Waals surface area contributed by atoms with Gasteiger partial charge in [0.1, 0.15) is 10.4 Å². The molecule has 1 aliphatic carbocycles. The van der Waals surface area contributed by atoms with Crippen LogP contribution in [0.1, 0.15) is 36.3 Å². The number of amidine groups is 1. The van der Waals surface area contributed by atoms with Crippen LogP contribution >= 0.6 is 23.4 Å². The summed E-state index contributed by atoms with van der Waals surface area (Å²) in [6.45, 7) is 3.38. The highest BCUT2D eigenvalue weighted by atomic mass is 35.5. The van der Waals surface area contributed by atoms with E-state index in [-0.39, 0.29) is 28.5 Å². The van der Waals surface area contributed by atoms with Crippen LogP contribution in [0.5, 0.6) is 0 Å². The van der Waals surface area contributed by atoms with Gasteiger partial charge in [-0.25, -0.2) is 9.97 Å². The third-order valence-electron chi connectivity index (χ3n) is 5.98. The Labute approximate surface area is 180 Å². The third-order valence-corrected chi connectivity index (χ3v) is 7.62. The van der Waals surface area contributed by atoms with Crippen molar-refractivity contribution >= 4 is 46.1 Å². The molecule has 3 heterocycles. The van der Waals surface area contributed by atoms with Crippen LogP contribution in [0, 0.1) is 11.4 Å². The molecule has 1 aliphatic heterocycles. The van der Waals surface area contributed by atoms with E-state index < -0.39 is 33.5 Å². The number of anilines is 1. The molecule has 0 radical (unpaired) electrons. The summed E-state index contributed by atoms with van der Waals surface area (Å²) in [5, 5.41) is 12.8. The Kier molecular flexibility index (Phi) is 4.55. The summed E-state index contributed by atoms with van der Waals surface area (Å²) in [5.74, 6) is -2.36. The highest BCUT2D eigenvalue weighted by molar-refractivity contribution is 8.15. The number of fused-ring (bicyclic) bond motifs is 1. The number of carboxylic acid groups (broad SMARTS) is 1. The lowest BCUT2D eigenvalue weighted by atomic mass is 9.76. The van der Waals surface area contributed by atoms with Crippen LogP contribution in [0.25, 0.3) is 0 Å². The summed E-state index contributed by atoms with van der Waals surface area (Å²) < 4.78 is 13.6. The van der Waals surface area contributed by atoms with E-state index in [9.17, 15) is 19.1 Å². The van der Waals surface area contributed by atoms with Crippen molar-refractivity contribution in [3.63, 3.8) is 0 Å². The van der Waals surface area contributed by atoms with Crippen LogP contribution in [0.4, 0.5) is 10.1 Å². The average molecular weight is 450 g/mol. The lowest BCUT2D eigenvalue weighted by Gasteiger charge is -2.39. The van der Waals surface area contributed by atoms with E-state index in [1.807, 2.05) is 0 Å². The minimum Gasteiger partial charge on any atom is -0.480 e. The Balaban J connectivity index is 1.72. The van der Waals surface area contributed by atoms with Gasteiger partial charge in [0.2, 0.25) is 5.95 Å². The number of nitrogens with zero attached hydrogens (tertiary/aromatic N) is 3. The second kappa shape index (κ2) is 6.64. The van der Waals surface area contributed by atoms with Crippen molar-refractivity contribution in [2.75, 3.05) is 5.32 Å². The molecule has 30 heavy (non-hydrogen) atoms. The van der Waals surface area contributed by atoms with Gasteiger partial charge in [0, 0.05) is 17.2 Å². The third kappa shape index (κ3) is 2.85. The Morgan fingerprint density at radius 1 is 1.30 bits per heavy atom. The first-order chi connectivity index (χ1) is 14.0. The van der Waals surface area contributed by atoms with Gasteiger partial charge in [0.15, 0.2) is 5.17 Å². The molecule has 0 bridgehead atoms. The SMILES string of the molecule is CC12C[C@]1(C(=O)O)SC(N)=N[C@]2(C)c1cc(NC(=O)c2ccc(Cl)cn2)cnc1F. The fourth-order valence-electron chi connectivity index (χ4n) is 3.99. The first kappa shape index (κ1) is 20.5. The zero-order valence-corrected chi connectivity index (χ0v) is 17.5. The first-order valence-corrected chi connectivity index (χ1v) is 10.1. The summed E-state index contributed by atoms with van der Waals surface area (Å²) in [6, 6.07) is 4.38. The number of aliphatic carboxylic acids is 1. The van der Waals surface area contributed by atoms with Crippen LogP contribution in [-0.4, -0.2) is 36.9 Å². The zero-order valence-electron chi connectivity index (χ0n) is 15.9. The van der Waals surface area contributed by atoms with Crippen molar-refractivity contribution in [3.05, 3.63) is 52.8 Å². The van der Waals surface area contributed by atoms with Crippen molar-refractivity contribution in [2.45, 2.75) is 30.6 Å². The minimum absolute atomic E-state index is 0.0539. The molecule has 1 saturated carbocycles. The van der Waals surface area contributed by atoms with E-state index in [1.165, 1.54) is 30.6 Å². The van der Waals surface area contributed by atoms with E-state index in [0.717, 1.165) is 11.8 Å². The van der Waals surface area contributed by atoms with Gasteiger partial charge in [0.05, 0.1) is 22.4 Å². The molecule has 0 spiro atoms. The number of thioether (sulfide) groups is 1. The molecule has 0 saturated heterocycles. The van der Waals surface area contributed by atoms with Gasteiger partial charge < -0.3 is 16.2 Å². The molecule has 0 aromatic carbocycles. The van der Waals surface area contributed by atoms with E-state index in [4.69, 9.17) is 17.3 Å². The molecular formula is C19H17ClFN5O3S. The van der Waals surface area contributed by atoms with Gasteiger partial charge in [-0.05, 0) is 31.5 Å². The maximum atomic E-state index is 14.8. The molecule has 1 fully saturated rings. The first-order valence-electron chi connectivity index (χ1n) is 8.89. The number of aromatic nitrogens is 2. The number of carbonyl (C=O) groups is 2. The van der Waals surface area contributed by atoms with Crippen LogP contribution in [0.15, 0.2) is 35.6 Å². The van der Waals surface area contributed by atoms with Gasteiger partial charge in [-0.3, -0.25) is 14.6 Å². The molecule has 2 aliphatic rings. The highest BCUT2D eigenvalue weighted by Crippen LogP contribution is 2.74. The molecule has 1 unspecified atom stereocenters. The number of carboxylic acids is 1. The predicted molar refractivity (Wildman–Crippen MR) is 111 cm³/mol. The van der Waals surface area contributed by atoms with Gasteiger partial charge in [-0.2, -0.15) is 4.39 Å². The number of carbonyl (C=O) groups excluding carboxylic acids is 1. The van der Waals surface area contributed by atoms with Crippen molar-refractivity contribution in [1.82, 2.24) is 9.97 Å². The second-order valence-corrected chi connectivity index (χ2v) is 9.40. The molecule has 3 atom stereocenters. The maximum absolute atomic E-state index is 14.8. The number of hydrogen-bond acceptors (Lipinski definition) is 7. The molecule has 4 rings (SSSR count). The summed E-state index contributed by atoms with van der Waals surface area (Å²) >= 11 is 6.76. The van der Waals surface area contributed by atoms with Gasteiger partial charge in [0.25, 0.3) is 5.91 Å². The zero-order chi connectivity index (χ0) is 21.9. The minimum atomic E-state index is -1.28. The number of aliphatic imine (C=N–C) groups is 1. The summed E-state index contributed by atoms with van der Waals surface area (Å²) in [4.78, 5) is 36.5. The Morgan fingerprint density at radius 3 is 2.67 bits per heavy atom. The van der Waals surface area contributed by atoms with Gasteiger partial charge >= 0.3 is 5.97 Å². The second-order valence-electron chi connectivity index (χ2n) is 7.64. The predicted octanol–water partition coefficient (Wildman–Crippen LogP) is 3.03. The Morgan fingerprint density at radius 2 is 2.03 bits per heavy atom.